The number of anilines is 1. The second-order valence-corrected chi connectivity index (χ2v) is 3.22. The van der Waals surface area contributed by atoms with Crippen LogP contribution in [0.1, 0.15) is 10.4 Å². The van der Waals surface area contributed by atoms with Crippen molar-refractivity contribution in [3.63, 3.8) is 0 Å². The first-order valence-electron chi connectivity index (χ1n) is 4.57. The normalized spacial score (nSPS) is 9.87. The number of carbonyl (C=O) groups is 1. The maximum atomic E-state index is 10.6. The van der Waals surface area contributed by atoms with Crippen LogP contribution in [0, 0.1) is 0 Å². The average molecular weight is 198 g/mol. The summed E-state index contributed by atoms with van der Waals surface area (Å²) in [7, 11) is 0. The number of nitrogens with two attached hydrogens (primary N) is 1. The molecule has 3 nitrogen and oxygen atoms in total. The van der Waals surface area contributed by atoms with Crippen molar-refractivity contribution in [2.24, 2.45) is 0 Å². The summed E-state index contributed by atoms with van der Waals surface area (Å²) >= 11 is 0. The fourth-order valence-electron chi connectivity index (χ4n) is 1.35. The topological polar surface area (TPSA) is 56.0 Å². The standard InChI is InChI=1S/C12H10N2O/c13-11-4-5-12(14-7-11)10-3-1-2-9(6-10)8-15/h1-8H,13H2. The smallest absolute Gasteiger partial charge is 0.150 e. The molecule has 1 aromatic carbocycles. The molecular formula is C12H10N2O. The highest BCUT2D eigenvalue weighted by Gasteiger charge is 1.99. The van der Waals surface area contributed by atoms with Crippen LogP contribution in [0.5, 0.6) is 0 Å². The number of aldehydes is 1. The summed E-state index contributed by atoms with van der Waals surface area (Å²) in [5, 5.41) is 0. The largest absolute Gasteiger partial charge is 0.397 e. The van der Waals surface area contributed by atoms with Crippen molar-refractivity contribution in [1.82, 2.24) is 4.98 Å². The molecule has 74 valence electrons. The van der Waals surface area contributed by atoms with Gasteiger partial charge in [-0.15, -0.1) is 0 Å². The second kappa shape index (κ2) is 3.92. The van der Waals surface area contributed by atoms with E-state index in [9.17, 15) is 4.79 Å². The Kier molecular flexibility index (Phi) is 2.46. The maximum absolute atomic E-state index is 10.6. The summed E-state index contributed by atoms with van der Waals surface area (Å²) in [6.07, 6.45) is 2.42. The third-order valence-corrected chi connectivity index (χ3v) is 2.10. The van der Waals surface area contributed by atoms with Crippen LogP contribution in [-0.4, -0.2) is 11.3 Å². The molecular weight excluding hydrogens is 188 g/mol. The molecule has 0 atom stereocenters. The van der Waals surface area contributed by atoms with E-state index in [-0.39, 0.29) is 0 Å². The number of benzene rings is 1. The summed E-state index contributed by atoms with van der Waals surface area (Å²) in [6.45, 7) is 0. The summed E-state index contributed by atoms with van der Waals surface area (Å²) in [5.74, 6) is 0. The molecule has 2 N–H and O–H groups in total. The average Bonchev–Trinajstić information content (AvgIpc) is 2.30. The van der Waals surface area contributed by atoms with Gasteiger partial charge in [0.1, 0.15) is 6.29 Å². The van der Waals surface area contributed by atoms with Crippen LogP contribution >= 0.6 is 0 Å². The highest BCUT2D eigenvalue weighted by molar-refractivity contribution is 5.78. The molecule has 2 rings (SSSR count). The highest BCUT2D eigenvalue weighted by atomic mass is 16.1. The molecule has 0 amide bonds. The number of hydrogen-bond acceptors (Lipinski definition) is 3. The number of carbonyl (C=O) groups excluding carboxylic acids is 1. The van der Waals surface area contributed by atoms with Gasteiger partial charge in [-0.1, -0.05) is 18.2 Å². The van der Waals surface area contributed by atoms with Crippen molar-refractivity contribution >= 4 is 12.0 Å². The Bertz CT molecular complexity index is 477. The molecule has 0 aliphatic rings. The van der Waals surface area contributed by atoms with Crippen molar-refractivity contribution in [2.45, 2.75) is 0 Å². The minimum absolute atomic E-state index is 0.630. The molecule has 0 bridgehead atoms. The van der Waals surface area contributed by atoms with Gasteiger partial charge in [0, 0.05) is 11.1 Å². The SMILES string of the molecule is Nc1ccc(-c2cccc(C=O)c2)nc1. The third-order valence-electron chi connectivity index (χ3n) is 2.10. The minimum Gasteiger partial charge on any atom is -0.397 e. The van der Waals surface area contributed by atoms with Gasteiger partial charge in [-0.3, -0.25) is 9.78 Å². The first-order valence-corrected chi connectivity index (χ1v) is 4.57. The lowest BCUT2D eigenvalue weighted by Gasteiger charge is -2.01. The van der Waals surface area contributed by atoms with E-state index < -0.39 is 0 Å². The lowest BCUT2D eigenvalue weighted by atomic mass is 10.1. The molecule has 0 spiro atoms. The lowest BCUT2D eigenvalue weighted by Crippen LogP contribution is -1.89. The van der Waals surface area contributed by atoms with Crippen LogP contribution < -0.4 is 5.73 Å². The molecule has 0 aliphatic carbocycles. The molecule has 15 heavy (non-hydrogen) atoms. The molecule has 0 saturated heterocycles. The first kappa shape index (κ1) is 9.40. The van der Waals surface area contributed by atoms with E-state index in [1.807, 2.05) is 18.2 Å². The molecule has 0 saturated carbocycles. The molecule has 0 fully saturated rings. The van der Waals surface area contributed by atoms with E-state index in [2.05, 4.69) is 4.98 Å². The fourth-order valence-corrected chi connectivity index (χ4v) is 1.35. The fraction of sp³-hybridized carbons (Fsp3) is 0. The van der Waals surface area contributed by atoms with Crippen LogP contribution in [-0.2, 0) is 0 Å². The second-order valence-electron chi connectivity index (χ2n) is 3.22. The van der Waals surface area contributed by atoms with Gasteiger partial charge in [-0.2, -0.15) is 0 Å². The van der Waals surface area contributed by atoms with Gasteiger partial charge in [-0.05, 0) is 18.2 Å². The molecule has 1 heterocycles. The van der Waals surface area contributed by atoms with Crippen molar-refractivity contribution < 1.29 is 4.79 Å². The van der Waals surface area contributed by atoms with Crippen LogP contribution in [0.15, 0.2) is 42.6 Å². The molecule has 0 unspecified atom stereocenters. The van der Waals surface area contributed by atoms with Gasteiger partial charge < -0.3 is 5.73 Å². The van der Waals surface area contributed by atoms with Gasteiger partial charge >= 0.3 is 0 Å². The van der Waals surface area contributed by atoms with Gasteiger partial charge in [-0.25, -0.2) is 0 Å². The number of nitrogen functional groups attached to an aromatic ring is 1. The number of nitrogens with zero attached hydrogens (tertiary/aromatic N) is 1. The molecule has 0 radical (unpaired) electrons. The van der Waals surface area contributed by atoms with Crippen molar-refractivity contribution in [2.75, 3.05) is 5.73 Å². The summed E-state index contributed by atoms with van der Waals surface area (Å²) in [6, 6.07) is 10.9. The molecule has 3 heteroatoms. The summed E-state index contributed by atoms with van der Waals surface area (Å²) in [5.41, 5.74) is 8.55. The number of pyridine rings is 1. The van der Waals surface area contributed by atoms with Gasteiger partial charge in [0.2, 0.25) is 0 Å². The zero-order valence-corrected chi connectivity index (χ0v) is 8.05. The van der Waals surface area contributed by atoms with Crippen LogP contribution in [0.4, 0.5) is 5.69 Å². The minimum atomic E-state index is 0.630. The molecule has 2 aromatic rings. The summed E-state index contributed by atoms with van der Waals surface area (Å²) < 4.78 is 0. The number of rotatable bonds is 2. The quantitative estimate of drug-likeness (QED) is 0.752. The Morgan fingerprint density at radius 3 is 2.73 bits per heavy atom. The van der Waals surface area contributed by atoms with E-state index >= 15 is 0 Å². The maximum Gasteiger partial charge on any atom is 0.150 e. The Labute approximate surface area is 87.6 Å². The molecule has 1 aromatic heterocycles. The lowest BCUT2D eigenvalue weighted by molar-refractivity contribution is 0.112. The van der Waals surface area contributed by atoms with E-state index in [4.69, 9.17) is 5.73 Å². The van der Waals surface area contributed by atoms with Crippen LogP contribution in [0.2, 0.25) is 0 Å². The third kappa shape index (κ3) is 2.02. The first-order chi connectivity index (χ1) is 7.29. The number of hydrogen-bond donors (Lipinski definition) is 1. The molecule has 0 aliphatic heterocycles. The monoisotopic (exact) mass is 198 g/mol. The van der Waals surface area contributed by atoms with Crippen LogP contribution in [0.25, 0.3) is 11.3 Å². The van der Waals surface area contributed by atoms with Gasteiger partial charge in [0.05, 0.1) is 17.6 Å². The van der Waals surface area contributed by atoms with E-state index in [1.165, 1.54) is 0 Å². The summed E-state index contributed by atoms with van der Waals surface area (Å²) in [4.78, 5) is 14.8. The zero-order chi connectivity index (χ0) is 10.7. The number of aromatic nitrogens is 1. The zero-order valence-electron chi connectivity index (χ0n) is 8.05. The Balaban J connectivity index is 2.44. The van der Waals surface area contributed by atoms with Crippen LogP contribution in [0.3, 0.4) is 0 Å². The van der Waals surface area contributed by atoms with E-state index in [1.54, 1.807) is 24.4 Å². The van der Waals surface area contributed by atoms with Crippen molar-refractivity contribution in [3.05, 3.63) is 48.2 Å². The van der Waals surface area contributed by atoms with Gasteiger partial charge in [0.15, 0.2) is 0 Å². The Morgan fingerprint density at radius 2 is 2.07 bits per heavy atom. The van der Waals surface area contributed by atoms with E-state index in [0.717, 1.165) is 17.5 Å². The van der Waals surface area contributed by atoms with Gasteiger partial charge in [0.25, 0.3) is 0 Å². The Hall–Kier alpha value is -2.16. The predicted molar refractivity (Wildman–Crippen MR) is 59.5 cm³/mol. The predicted octanol–water partition coefficient (Wildman–Crippen LogP) is 2.14. The van der Waals surface area contributed by atoms with E-state index in [0.29, 0.717) is 11.3 Å². The van der Waals surface area contributed by atoms with Crippen molar-refractivity contribution in [3.8, 4) is 11.3 Å². The highest BCUT2D eigenvalue weighted by Crippen LogP contribution is 2.18. The Morgan fingerprint density at radius 1 is 1.20 bits per heavy atom. The van der Waals surface area contributed by atoms with Crippen molar-refractivity contribution in [1.29, 1.82) is 0 Å².